The maximum atomic E-state index is 4.62. The summed E-state index contributed by atoms with van der Waals surface area (Å²) in [4.78, 5) is 4.62. The highest BCUT2D eigenvalue weighted by molar-refractivity contribution is 5.93. The van der Waals surface area contributed by atoms with Crippen molar-refractivity contribution >= 4 is 11.6 Å². The van der Waals surface area contributed by atoms with Crippen molar-refractivity contribution in [2.75, 3.05) is 0 Å². The molecule has 1 aliphatic carbocycles. The van der Waals surface area contributed by atoms with Crippen molar-refractivity contribution in [3.63, 3.8) is 0 Å². The molecule has 0 radical (unpaired) electrons. The van der Waals surface area contributed by atoms with Gasteiger partial charge in [0.1, 0.15) is 0 Å². The van der Waals surface area contributed by atoms with E-state index in [0.717, 1.165) is 12.1 Å². The second kappa shape index (κ2) is 6.92. The molecule has 0 N–H and O–H groups in total. The van der Waals surface area contributed by atoms with Crippen molar-refractivity contribution < 1.29 is 0 Å². The fraction of sp³-hybridized carbons (Fsp3) is 0.240. The average Bonchev–Trinajstić information content (AvgIpc) is 3.12. The van der Waals surface area contributed by atoms with Gasteiger partial charge in [-0.05, 0) is 70.4 Å². The van der Waals surface area contributed by atoms with E-state index in [0.29, 0.717) is 5.92 Å². The van der Waals surface area contributed by atoms with Crippen LogP contribution in [0.2, 0.25) is 0 Å². The van der Waals surface area contributed by atoms with Gasteiger partial charge < -0.3 is 0 Å². The van der Waals surface area contributed by atoms with Crippen LogP contribution in [-0.4, -0.2) is 4.98 Å². The van der Waals surface area contributed by atoms with Gasteiger partial charge in [0.05, 0.1) is 5.69 Å². The Morgan fingerprint density at radius 2 is 1.81 bits per heavy atom. The topological polar surface area (TPSA) is 12.9 Å². The summed E-state index contributed by atoms with van der Waals surface area (Å²) in [5, 5.41) is 0. The summed E-state index contributed by atoms with van der Waals surface area (Å²) < 4.78 is 0. The number of fused-ring (bicyclic) bond motifs is 1. The van der Waals surface area contributed by atoms with Crippen LogP contribution in [0, 0.1) is 6.92 Å². The Labute approximate surface area is 156 Å². The number of pyridine rings is 1. The third-order valence-electron chi connectivity index (χ3n) is 5.54. The first-order valence-electron chi connectivity index (χ1n) is 9.51. The Morgan fingerprint density at radius 1 is 1.00 bits per heavy atom. The van der Waals surface area contributed by atoms with Crippen LogP contribution >= 0.6 is 0 Å². The molecule has 1 heteroatoms. The van der Waals surface area contributed by atoms with E-state index >= 15 is 0 Å². The molecular weight excluding hydrogens is 314 g/mol. The first kappa shape index (κ1) is 16.8. The zero-order valence-electron chi connectivity index (χ0n) is 15.8. The lowest BCUT2D eigenvalue weighted by Gasteiger charge is -2.11. The number of rotatable bonds is 4. The molecule has 130 valence electrons. The van der Waals surface area contributed by atoms with Crippen LogP contribution in [0.4, 0.5) is 0 Å². The van der Waals surface area contributed by atoms with Gasteiger partial charge in [0.25, 0.3) is 0 Å². The minimum Gasteiger partial charge on any atom is -0.256 e. The molecule has 1 aliphatic rings. The van der Waals surface area contributed by atoms with E-state index in [-0.39, 0.29) is 0 Å². The molecule has 4 rings (SSSR count). The third kappa shape index (κ3) is 3.10. The number of hydrogen-bond donors (Lipinski definition) is 0. The zero-order chi connectivity index (χ0) is 18.1. The summed E-state index contributed by atoms with van der Waals surface area (Å²) in [6.45, 7) is 6.61. The van der Waals surface area contributed by atoms with E-state index in [1.165, 1.54) is 45.4 Å². The van der Waals surface area contributed by atoms with Gasteiger partial charge in [0, 0.05) is 12.6 Å². The summed E-state index contributed by atoms with van der Waals surface area (Å²) in [6, 6.07) is 20.0. The van der Waals surface area contributed by atoms with Crippen molar-refractivity contribution in [1.82, 2.24) is 4.98 Å². The summed E-state index contributed by atoms with van der Waals surface area (Å²) >= 11 is 0. The molecule has 1 atom stereocenters. The van der Waals surface area contributed by atoms with Crippen LogP contribution in [0.1, 0.15) is 54.1 Å². The van der Waals surface area contributed by atoms with Crippen molar-refractivity contribution in [3.05, 3.63) is 88.7 Å². The molecule has 2 aromatic carbocycles. The van der Waals surface area contributed by atoms with E-state index in [2.05, 4.69) is 86.4 Å². The minimum absolute atomic E-state index is 0.615. The van der Waals surface area contributed by atoms with Crippen molar-refractivity contribution in [2.45, 2.75) is 39.5 Å². The number of aryl methyl sites for hydroxylation is 1. The molecule has 0 fully saturated rings. The van der Waals surface area contributed by atoms with E-state index in [4.69, 9.17) is 0 Å². The number of aromatic nitrogens is 1. The molecule has 0 aliphatic heterocycles. The largest absolute Gasteiger partial charge is 0.256 e. The quantitative estimate of drug-likeness (QED) is 0.517. The predicted octanol–water partition coefficient (Wildman–Crippen LogP) is 6.67. The molecule has 1 aromatic heterocycles. The van der Waals surface area contributed by atoms with Crippen LogP contribution in [0.3, 0.4) is 0 Å². The van der Waals surface area contributed by atoms with Crippen molar-refractivity contribution in [2.24, 2.45) is 0 Å². The molecule has 0 spiro atoms. The van der Waals surface area contributed by atoms with Gasteiger partial charge in [0.15, 0.2) is 0 Å². The number of nitrogens with zero attached hydrogens (tertiary/aromatic N) is 1. The molecule has 0 bridgehead atoms. The molecule has 0 saturated carbocycles. The Morgan fingerprint density at radius 3 is 2.50 bits per heavy atom. The van der Waals surface area contributed by atoms with Gasteiger partial charge in [-0.1, -0.05) is 62.4 Å². The Bertz CT molecular complexity index is 946. The smallest absolute Gasteiger partial charge is 0.0665 e. The third-order valence-corrected chi connectivity index (χ3v) is 5.54. The lowest BCUT2D eigenvalue weighted by atomic mass is 9.93. The summed E-state index contributed by atoms with van der Waals surface area (Å²) in [5.74, 6) is 0.615. The fourth-order valence-corrected chi connectivity index (χ4v) is 3.67. The van der Waals surface area contributed by atoms with Gasteiger partial charge in [-0.2, -0.15) is 0 Å². The Balaban J connectivity index is 1.71. The minimum atomic E-state index is 0.615. The van der Waals surface area contributed by atoms with E-state index < -0.39 is 0 Å². The maximum absolute atomic E-state index is 4.62. The number of allylic oxidation sites excluding steroid dienone is 1. The Hall–Kier alpha value is -2.67. The summed E-state index contributed by atoms with van der Waals surface area (Å²) in [5.41, 5.74) is 10.4. The number of hydrogen-bond acceptors (Lipinski definition) is 1. The monoisotopic (exact) mass is 339 g/mol. The Kier molecular flexibility index (Phi) is 4.46. The highest BCUT2D eigenvalue weighted by Gasteiger charge is 2.18. The highest BCUT2D eigenvalue weighted by atomic mass is 14.7. The lowest BCUT2D eigenvalue weighted by molar-refractivity contribution is 0.734. The molecule has 3 aromatic rings. The molecule has 1 heterocycles. The normalized spacial score (nSPS) is 14.0. The van der Waals surface area contributed by atoms with Crippen molar-refractivity contribution in [1.29, 1.82) is 0 Å². The van der Waals surface area contributed by atoms with Crippen LogP contribution < -0.4 is 0 Å². The van der Waals surface area contributed by atoms with Crippen LogP contribution in [0.5, 0.6) is 0 Å². The lowest BCUT2D eigenvalue weighted by Crippen LogP contribution is -1.92. The van der Waals surface area contributed by atoms with Crippen LogP contribution in [0.25, 0.3) is 22.8 Å². The second-order valence-electron chi connectivity index (χ2n) is 7.38. The highest BCUT2D eigenvalue weighted by Crippen LogP contribution is 2.37. The number of benzene rings is 2. The van der Waals surface area contributed by atoms with Gasteiger partial charge >= 0.3 is 0 Å². The average molecular weight is 339 g/mol. The first-order chi connectivity index (χ1) is 12.7. The predicted molar refractivity (Wildman–Crippen MR) is 111 cm³/mol. The molecular formula is C25H25N. The van der Waals surface area contributed by atoms with Crippen molar-refractivity contribution in [3.8, 4) is 11.1 Å². The summed E-state index contributed by atoms with van der Waals surface area (Å²) in [6.07, 6.45) is 6.42. The van der Waals surface area contributed by atoms with E-state index in [1.807, 2.05) is 6.20 Å². The maximum Gasteiger partial charge on any atom is 0.0665 e. The van der Waals surface area contributed by atoms with E-state index in [9.17, 15) is 0 Å². The molecule has 0 saturated heterocycles. The van der Waals surface area contributed by atoms with Crippen LogP contribution in [-0.2, 0) is 6.42 Å². The van der Waals surface area contributed by atoms with E-state index in [1.54, 1.807) is 0 Å². The van der Waals surface area contributed by atoms with Gasteiger partial charge in [-0.15, -0.1) is 0 Å². The first-order valence-corrected chi connectivity index (χ1v) is 9.51. The van der Waals surface area contributed by atoms with Crippen LogP contribution in [0.15, 0.2) is 60.8 Å². The SMILES string of the molecule is CCC(C)c1ccc(-c2cccc3c2C=C(c2ccc(C)cn2)C3)cc1. The van der Waals surface area contributed by atoms with Gasteiger partial charge in [-0.25, -0.2) is 0 Å². The second-order valence-corrected chi connectivity index (χ2v) is 7.38. The zero-order valence-corrected chi connectivity index (χ0v) is 15.8. The molecule has 26 heavy (non-hydrogen) atoms. The summed E-state index contributed by atoms with van der Waals surface area (Å²) in [7, 11) is 0. The van der Waals surface area contributed by atoms with Gasteiger partial charge in [0.2, 0.25) is 0 Å². The van der Waals surface area contributed by atoms with Gasteiger partial charge in [-0.3, -0.25) is 4.98 Å². The standard InChI is InChI=1S/C25H25N/c1-4-18(3)19-9-11-20(12-10-19)23-7-5-6-21-14-22(15-24(21)23)25-13-8-17(2)16-26-25/h5-13,15-16,18H,4,14H2,1-3H3. The molecule has 1 unspecified atom stereocenters. The molecule has 0 amide bonds. The molecule has 1 nitrogen and oxygen atoms in total. The fourth-order valence-electron chi connectivity index (χ4n) is 3.67.